The van der Waals surface area contributed by atoms with Crippen molar-refractivity contribution in [2.45, 2.75) is 20.0 Å². The molecule has 2 aromatic rings. The number of rotatable bonds is 4. The van der Waals surface area contributed by atoms with Crippen molar-refractivity contribution in [3.05, 3.63) is 44.5 Å². The third kappa shape index (κ3) is 3.14. The molecule has 0 unspecified atom stereocenters. The Morgan fingerprint density at radius 1 is 1.17 bits per heavy atom. The molecule has 0 saturated carbocycles. The van der Waals surface area contributed by atoms with Crippen LogP contribution in [0.4, 0.5) is 0 Å². The maximum atomic E-state index is 6.08. The van der Waals surface area contributed by atoms with Crippen molar-refractivity contribution in [2.75, 3.05) is 0 Å². The molecule has 0 fully saturated rings. The van der Waals surface area contributed by atoms with E-state index in [1.165, 1.54) is 0 Å². The zero-order chi connectivity index (χ0) is 13.1. The summed E-state index contributed by atoms with van der Waals surface area (Å²) >= 11 is 18.1. The standard InChI is InChI=1S/C11H10Cl3N3O/c1-6-16-10(18-17-6)5-15-4-7-8(12)2-3-9(13)11(7)14/h2-3,15H,4-5H2,1H3. The molecular weight excluding hydrogens is 296 g/mol. The van der Waals surface area contributed by atoms with Gasteiger partial charge in [-0.05, 0) is 19.1 Å². The van der Waals surface area contributed by atoms with Crippen molar-refractivity contribution in [1.82, 2.24) is 15.5 Å². The molecule has 0 radical (unpaired) electrons. The van der Waals surface area contributed by atoms with E-state index in [1.54, 1.807) is 19.1 Å². The molecule has 1 N–H and O–H groups in total. The predicted octanol–water partition coefficient (Wildman–Crippen LogP) is 3.63. The number of halogens is 3. The minimum atomic E-state index is 0.444. The second-order valence-electron chi connectivity index (χ2n) is 3.66. The van der Waals surface area contributed by atoms with Gasteiger partial charge in [-0.25, -0.2) is 0 Å². The SMILES string of the molecule is Cc1noc(CNCc2c(Cl)ccc(Cl)c2Cl)n1. The largest absolute Gasteiger partial charge is 0.338 e. The van der Waals surface area contributed by atoms with Crippen molar-refractivity contribution < 1.29 is 4.52 Å². The van der Waals surface area contributed by atoms with Crippen LogP contribution in [0.2, 0.25) is 15.1 Å². The summed E-state index contributed by atoms with van der Waals surface area (Å²) in [5.74, 6) is 1.12. The van der Waals surface area contributed by atoms with Crippen LogP contribution in [0.15, 0.2) is 16.7 Å². The van der Waals surface area contributed by atoms with Gasteiger partial charge in [0, 0.05) is 17.1 Å². The van der Waals surface area contributed by atoms with Crippen LogP contribution in [0.1, 0.15) is 17.3 Å². The molecular formula is C11H10Cl3N3O. The molecule has 0 spiro atoms. The van der Waals surface area contributed by atoms with E-state index < -0.39 is 0 Å². The molecule has 2 rings (SSSR count). The van der Waals surface area contributed by atoms with Crippen LogP contribution in [0, 0.1) is 6.92 Å². The lowest BCUT2D eigenvalue weighted by atomic mass is 10.2. The monoisotopic (exact) mass is 305 g/mol. The molecule has 0 aliphatic rings. The molecule has 7 heteroatoms. The molecule has 0 amide bonds. The molecule has 1 heterocycles. The molecule has 0 atom stereocenters. The molecule has 96 valence electrons. The van der Waals surface area contributed by atoms with Crippen LogP contribution in [0.25, 0.3) is 0 Å². The maximum absolute atomic E-state index is 6.08. The quantitative estimate of drug-likeness (QED) is 0.876. The molecule has 0 saturated heterocycles. The van der Waals surface area contributed by atoms with E-state index in [4.69, 9.17) is 39.3 Å². The van der Waals surface area contributed by atoms with Gasteiger partial charge in [-0.1, -0.05) is 40.0 Å². The van der Waals surface area contributed by atoms with E-state index in [0.717, 1.165) is 5.56 Å². The molecule has 18 heavy (non-hydrogen) atoms. The minimum absolute atomic E-state index is 0.444. The molecule has 1 aromatic carbocycles. The smallest absolute Gasteiger partial charge is 0.240 e. The van der Waals surface area contributed by atoms with Crippen LogP contribution < -0.4 is 5.32 Å². The number of nitrogens with one attached hydrogen (secondary N) is 1. The van der Waals surface area contributed by atoms with E-state index in [1.807, 2.05) is 0 Å². The first-order valence-corrected chi connectivity index (χ1v) is 6.33. The fraction of sp³-hybridized carbons (Fsp3) is 0.273. The highest BCUT2D eigenvalue weighted by Crippen LogP contribution is 2.31. The highest BCUT2D eigenvalue weighted by molar-refractivity contribution is 6.44. The molecule has 1 aromatic heterocycles. The lowest BCUT2D eigenvalue weighted by molar-refractivity contribution is 0.364. The minimum Gasteiger partial charge on any atom is -0.338 e. The summed E-state index contributed by atoms with van der Waals surface area (Å²) in [7, 11) is 0. The Balaban J connectivity index is 2.00. The Morgan fingerprint density at radius 3 is 2.56 bits per heavy atom. The van der Waals surface area contributed by atoms with Gasteiger partial charge in [-0.2, -0.15) is 4.98 Å². The van der Waals surface area contributed by atoms with Gasteiger partial charge in [0.15, 0.2) is 5.82 Å². The Labute approximate surface area is 119 Å². The third-order valence-electron chi connectivity index (χ3n) is 2.29. The number of nitrogens with zero attached hydrogens (tertiary/aromatic N) is 2. The first-order valence-electron chi connectivity index (χ1n) is 5.20. The predicted molar refractivity (Wildman–Crippen MR) is 71.1 cm³/mol. The average Bonchev–Trinajstić information content (AvgIpc) is 2.74. The zero-order valence-electron chi connectivity index (χ0n) is 9.51. The average molecular weight is 307 g/mol. The number of aromatic nitrogens is 2. The lowest BCUT2D eigenvalue weighted by Crippen LogP contribution is -2.13. The van der Waals surface area contributed by atoms with Crippen molar-refractivity contribution in [3.63, 3.8) is 0 Å². The summed E-state index contributed by atoms with van der Waals surface area (Å²) in [6, 6.07) is 3.38. The van der Waals surface area contributed by atoms with Gasteiger partial charge >= 0.3 is 0 Å². The lowest BCUT2D eigenvalue weighted by Gasteiger charge is -2.08. The van der Waals surface area contributed by atoms with Gasteiger partial charge < -0.3 is 9.84 Å². The Bertz CT molecular complexity index is 556. The summed E-state index contributed by atoms with van der Waals surface area (Å²) in [5, 5.41) is 8.31. The van der Waals surface area contributed by atoms with Crippen molar-refractivity contribution in [3.8, 4) is 0 Å². The van der Waals surface area contributed by atoms with Crippen molar-refractivity contribution >= 4 is 34.8 Å². The molecule has 0 bridgehead atoms. The van der Waals surface area contributed by atoms with Crippen molar-refractivity contribution in [2.24, 2.45) is 0 Å². The van der Waals surface area contributed by atoms with Crippen LogP contribution in [0.5, 0.6) is 0 Å². The molecule has 4 nitrogen and oxygen atoms in total. The maximum Gasteiger partial charge on any atom is 0.240 e. The summed E-state index contributed by atoms with van der Waals surface area (Å²) in [6.07, 6.45) is 0. The van der Waals surface area contributed by atoms with E-state index in [9.17, 15) is 0 Å². The second-order valence-corrected chi connectivity index (χ2v) is 4.85. The summed E-state index contributed by atoms with van der Waals surface area (Å²) in [6.45, 7) is 2.68. The van der Waals surface area contributed by atoms with Crippen LogP contribution in [0.3, 0.4) is 0 Å². The van der Waals surface area contributed by atoms with Gasteiger partial charge in [-0.3, -0.25) is 0 Å². The topological polar surface area (TPSA) is 51.0 Å². The first-order chi connectivity index (χ1) is 8.58. The van der Waals surface area contributed by atoms with Gasteiger partial charge in [0.25, 0.3) is 0 Å². The van der Waals surface area contributed by atoms with Gasteiger partial charge in [0.2, 0.25) is 5.89 Å². The van der Waals surface area contributed by atoms with E-state index >= 15 is 0 Å². The van der Waals surface area contributed by atoms with E-state index in [0.29, 0.717) is 39.9 Å². The van der Waals surface area contributed by atoms with Crippen LogP contribution >= 0.6 is 34.8 Å². The van der Waals surface area contributed by atoms with Crippen LogP contribution in [-0.4, -0.2) is 10.1 Å². The number of hydrogen-bond acceptors (Lipinski definition) is 4. The third-order valence-corrected chi connectivity index (χ3v) is 3.48. The normalized spacial score (nSPS) is 10.9. The fourth-order valence-electron chi connectivity index (χ4n) is 1.44. The Kier molecular flexibility index (Phi) is 4.45. The number of benzene rings is 1. The number of aryl methyl sites for hydroxylation is 1. The molecule has 0 aliphatic heterocycles. The van der Waals surface area contributed by atoms with Gasteiger partial charge in [-0.15, -0.1) is 0 Å². The zero-order valence-corrected chi connectivity index (χ0v) is 11.8. The Hall–Kier alpha value is -0.810. The highest BCUT2D eigenvalue weighted by Gasteiger charge is 2.10. The van der Waals surface area contributed by atoms with E-state index in [-0.39, 0.29) is 0 Å². The molecule has 0 aliphatic carbocycles. The van der Waals surface area contributed by atoms with Gasteiger partial charge in [0.1, 0.15) is 0 Å². The Morgan fingerprint density at radius 2 is 1.89 bits per heavy atom. The summed E-state index contributed by atoms with van der Waals surface area (Å²) in [4.78, 5) is 4.07. The first kappa shape index (κ1) is 13.6. The second kappa shape index (κ2) is 5.89. The van der Waals surface area contributed by atoms with Crippen molar-refractivity contribution in [1.29, 1.82) is 0 Å². The van der Waals surface area contributed by atoms with Gasteiger partial charge in [0.05, 0.1) is 16.6 Å². The number of hydrogen-bond donors (Lipinski definition) is 1. The highest BCUT2D eigenvalue weighted by atomic mass is 35.5. The van der Waals surface area contributed by atoms with E-state index in [2.05, 4.69) is 15.5 Å². The summed E-state index contributed by atoms with van der Waals surface area (Å²) < 4.78 is 4.97. The van der Waals surface area contributed by atoms with Crippen LogP contribution in [-0.2, 0) is 13.1 Å². The fourth-order valence-corrected chi connectivity index (χ4v) is 2.12. The summed E-state index contributed by atoms with van der Waals surface area (Å²) in [5.41, 5.74) is 0.752.